The number of pyridine rings is 1. The molecule has 0 bridgehead atoms. The topological polar surface area (TPSA) is 65.2 Å². The van der Waals surface area contributed by atoms with Crippen LogP contribution in [0.15, 0.2) is 24.4 Å². The van der Waals surface area contributed by atoms with Gasteiger partial charge in [0.15, 0.2) is 11.6 Å². The Labute approximate surface area is 109 Å². The molecule has 1 heterocycles. The number of hydrogen-bond donors (Lipinski definition) is 1. The van der Waals surface area contributed by atoms with Gasteiger partial charge in [0.2, 0.25) is 17.4 Å². The molecule has 0 aliphatic rings. The molecule has 2 rings (SSSR count). The maximum Gasteiger partial charge on any atom is 0.345 e. The molecule has 8 heteroatoms. The number of aromatic nitrogens is 1. The van der Waals surface area contributed by atoms with E-state index in [2.05, 4.69) is 9.72 Å². The van der Waals surface area contributed by atoms with Gasteiger partial charge >= 0.3 is 5.97 Å². The standard InChI is InChI=1S/C12H6F4N2O2/c13-6-3-7(14)10(16)11(9(6)15)20-12(19)5-1-2-8(17)18-4-5/h1-4H,(H2,17,18). The molecule has 0 amide bonds. The van der Waals surface area contributed by atoms with Crippen molar-refractivity contribution in [1.29, 1.82) is 0 Å². The van der Waals surface area contributed by atoms with Crippen molar-refractivity contribution in [3.8, 4) is 5.75 Å². The Morgan fingerprint density at radius 2 is 1.70 bits per heavy atom. The summed E-state index contributed by atoms with van der Waals surface area (Å²) in [7, 11) is 0. The third-order valence-corrected chi connectivity index (χ3v) is 2.29. The first-order valence-electron chi connectivity index (χ1n) is 5.17. The molecule has 0 aliphatic heterocycles. The first-order valence-corrected chi connectivity index (χ1v) is 5.17. The van der Waals surface area contributed by atoms with Crippen LogP contribution < -0.4 is 10.5 Å². The fourth-order valence-corrected chi connectivity index (χ4v) is 1.32. The van der Waals surface area contributed by atoms with Crippen molar-refractivity contribution in [2.75, 3.05) is 5.73 Å². The van der Waals surface area contributed by atoms with E-state index in [9.17, 15) is 22.4 Å². The third kappa shape index (κ3) is 2.53. The average molecular weight is 286 g/mol. The van der Waals surface area contributed by atoms with Gasteiger partial charge in [0, 0.05) is 12.3 Å². The van der Waals surface area contributed by atoms with E-state index in [0.29, 0.717) is 0 Å². The first-order chi connectivity index (χ1) is 9.40. The SMILES string of the molecule is Nc1ccc(C(=O)Oc2c(F)c(F)cc(F)c2F)cn1. The number of anilines is 1. The molecule has 0 fully saturated rings. The minimum atomic E-state index is -1.80. The Morgan fingerprint density at radius 1 is 1.10 bits per heavy atom. The molecule has 20 heavy (non-hydrogen) atoms. The van der Waals surface area contributed by atoms with Crippen LogP contribution in [-0.4, -0.2) is 11.0 Å². The zero-order valence-electron chi connectivity index (χ0n) is 9.66. The van der Waals surface area contributed by atoms with Gasteiger partial charge in [0.25, 0.3) is 0 Å². The second-order valence-corrected chi connectivity index (χ2v) is 3.66. The minimum absolute atomic E-state index is 0.00672. The lowest BCUT2D eigenvalue weighted by Crippen LogP contribution is -2.13. The monoisotopic (exact) mass is 286 g/mol. The number of nitrogens with zero attached hydrogens (tertiary/aromatic N) is 1. The number of ether oxygens (including phenoxy) is 1. The molecule has 2 N–H and O–H groups in total. The maximum atomic E-state index is 13.3. The van der Waals surface area contributed by atoms with Gasteiger partial charge in [0.1, 0.15) is 5.82 Å². The van der Waals surface area contributed by atoms with Gasteiger partial charge in [-0.3, -0.25) is 0 Å². The zero-order chi connectivity index (χ0) is 14.9. The molecular weight excluding hydrogens is 280 g/mol. The number of benzene rings is 1. The van der Waals surface area contributed by atoms with E-state index < -0.39 is 35.0 Å². The van der Waals surface area contributed by atoms with Crippen LogP contribution in [-0.2, 0) is 0 Å². The smallest absolute Gasteiger partial charge is 0.345 e. The van der Waals surface area contributed by atoms with Crippen molar-refractivity contribution in [2.24, 2.45) is 0 Å². The molecule has 0 radical (unpaired) electrons. The van der Waals surface area contributed by atoms with Crippen LogP contribution in [0.3, 0.4) is 0 Å². The van der Waals surface area contributed by atoms with E-state index in [1.54, 1.807) is 0 Å². The van der Waals surface area contributed by atoms with Crippen molar-refractivity contribution in [1.82, 2.24) is 4.98 Å². The molecule has 104 valence electrons. The quantitative estimate of drug-likeness (QED) is 0.398. The van der Waals surface area contributed by atoms with Gasteiger partial charge in [-0.2, -0.15) is 8.78 Å². The van der Waals surface area contributed by atoms with Crippen LogP contribution in [0.2, 0.25) is 0 Å². The van der Waals surface area contributed by atoms with Crippen LogP contribution in [0.25, 0.3) is 0 Å². The molecule has 0 unspecified atom stereocenters. The minimum Gasteiger partial charge on any atom is -0.416 e. The van der Waals surface area contributed by atoms with Crippen LogP contribution in [0.5, 0.6) is 5.75 Å². The molecule has 1 aromatic carbocycles. The lowest BCUT2D eigenvalue weighted by Gasteiger charge is -2.07. The number of rotatable bonds is 2. The highest BCUT2D eigenvalue weighted by molar-refractivity contribution is 5.90. The van der Waals surface area contributed by atoms with Gasteiger partial charge in [-0.05, 0) is 12.1 Å². The highest BCUT2D eigenvalue weighted by Crippen LogP contribution is 2.27. The zero-order valence-corrected chi connectivity index (χ0v) is 9.66. The van der Waals surface area contributed by atoms with E-state index >= 15 is 0 Å². The van der Waals surface area contributed by atoms with E-state index in [1.807, 2.05) is 0 Å². The van der Waals surface area contributed by atoms with Gasteiger partial charge < -0.3 is 10.5 Å². The summed E-state index contributed by atoms with van der Waals surface area (Å²) >= 11 is 0. The van der Waals surface area contributed by atoms with Crippen LogP contribution >= 0.6 is 0 Å². The summed E-state index contributed by atoms with van der Waals surface area (Å²) in [5.41, 5.74) is 5.09. The molecule has 0 saturated heterocycles. The predicted molar refractivity (Wildman–Crippen MR) is 59.9 cm³/mol. The summed E-state index contributed by atoms with van der Waals surface area (Å²) in [4.78, 5) is 15.1. The van der Waals surface area contributed by atoms with Crippen LogP contribution in [0.1, 0.15) is 10.4 Å². The number of carbonyl (C=O) groups is 1. The summed E-state index contributed by atoms with van der Waals surface area (Å²) in [6.07, 6.45) is 0.989. The highest BCUT2D eigenvalue weighted by Gasteiger charge is 2.23. The van der Waals surface area contributed by atoms with E-state index in [1.165, 1.54) is 12.1 Å². The Bertz CT molecular complexity index is 648. The van der Waals surface area contributed by atoms with Crippen LogP contribution in [0.4, 0.5) is 23.4 Å². The number of esters is 1. The third-order valence-electron chi connectivity index (χ3n) is 2.29. The molecule has 1 aromatic heterocycles. The largest absolute Gasteiger partial charge is 0.416 e. The lowest BCUT2D eigenvalue weighted by molar-refractivity contribution is 0.0717. The summed E-state index contributed by atoms with van der Waals surface area (Å²) in [5, 5.41) is 0. The number of hydrogen-bond acceptors (Lipinski definition) is 4. The Kier molecular flexibility index (Phi) is 3.55. The molecule has 0 saturated carbocycles. The molecule has 0 spiro atoms. The van der Waals surface area contributed by atoms with Crippen molar-refractivity contribution in [3.63, 3.8) is 0 Å². The number of halogens is 4. The van der Waals surface area contributed by atoms with Gasteiger partial charge in [0.05, 0.1) is 5.56 Å². The fourth-order valence-electron chi connectivity index (χ4n) is 1.32. The Hall–Kier alpha value is -2.64. The van der Waals surface area contributed by atoms with Crippen molar-refractivity contribution < 1.29 is 27.1 Å². The molecule has 4 nitrogen and oxygen atoms in total. The highest BCUT2D eigenvalue weighted by atomic mass is 19.2. The summed E-state index contributed by atoms with van der Waals surface area (Å²) in [6, 6.07) is 2.43. The van der Waals surface area contributed by atoms with Gasteiger partial charge in [-0.15, -0.1) is 0 Å². The average Bonchev–Trinajstić information content (AvgIpc) is 2.42. The van der Waals surface area contributed by atoms with Gasteiger partial charge in [-0.1, -0.05) is 0 Å². The molecule has 0 atom stereocenters. The second-order valence-electron chi connectivity index (χ2n) is 3.66. The second kappa shape index (κ2) is 5.16. The summed E-state index contributed by atoms with van der Waals surface area (Å²) in [5.74, 6) is -9.55. The van der Waals surface area contributed by atoms with E-state index in [0.717, 1.165) is 6.20 Å². The lowest BCUT2D eigenvalue weighted by atomic mass is 10.2. The van der Waals surface area contributed by atoms with E-state index in [4.69, 9.17) is 5.73 Å². The van der Waals surface area contributed by atoms with Crippen molar-refractivity contribution >= 4 is 11.8 Å². The Balaban J connectivity index is 2.35. The number of nitrogen functional groups attached to an aromatic ring is 1. The normalized spacial score (nSPS) is 10.4. The van der Waals surface area contributed by atoms with Crippen molar-refractivity contribution in [2.45, 2.75) is 0 Å². The molecular formula is C12H6F4N2O2. The maximum absolute atomic E-state index is 13.3. The van der Waals surface area contributed by atoms with E-state index in [-0.39, 0.29) is 17.4 Å². The first kappa shape index (κ1) is 13.8. The van der Waals surface area contributed by atoms with Crippen molar-refractivity contribution in [3.05, 3.63) is 53.2 Å². The number of carbonyl (C=O) groups excluding carboxylic acids is 1. The molecule has 2 aromatic rings. The summed E-state index contributed by atoms with van der Waals surface area (Å²) < 4.78 is 56.7. The predicted octanol–water partition coefficient (Wildman–Crippen LogP) is 2.44. The fraction of sp³-hybridized carbons (Fsp3) is 0. The van der Waals surface area contributed by atoms with Crippen LogP contribution in [0, 0.1) is 23.3 Å². The summed E-state index contributed by atoms with van der Waals surface area (Å²) in [6.45, 7) is 0. The molecule has 0 aliphatic carbocycles. The number of nitrogens with two attached hydrogens (primary N) is 1. The Morgan fingerprint density at radius 3 is 2.20 bits per heavy atom. The van der Waals surface area contributed by atoms with Gasteiger partial charge in [-0.25, -0.2) is 18.6 Å².